The van der Waals surface area contributed by atoms with E-state index in [9.17, 15) is 16.8 Å². The average Bonchev–Trinajstić information content (AvgIpc) is 2.43. The van der Waals surface area contributed by atoms with Gasteiger partial charge in [0.25, 0.3) is 0 Å². The monoisotopic (exact) mass is 400 g/mol. The Morgan fingerprint density at radius 3 is 2.12 bits per heavy atom. The van der Waals surface area contributed by atoms with Crippen molar-refractivity contribution in [3.63, 3.8) is 0 Å². The Bertz CT molecular complexity index is 749. The van der Waals surface area contributed by atoms with E-state index in [1.807, 2.05) is 0 Å². The Hall–Kier alpha value is -0.710. The van der Waals surface area contributed by atoms with Crippen molar-refractivity contribution in [3.8, 4) is 0 Å². The quantitative estimate of drug-likeness (QED) is 0.590. The molecular formula is C14H25ClN2O5S2. The SMILES string of the molecule is COCCNCCNS(=O)(=O)c1cc(C)cc(S(C)(=O)=O)c1C.Cl. The van der Waals surface area contributed by atoms with Crippen LogP contribution in [0.4, 0.5) is 0 Å². The van der Waals surface area contributed by atoms with Crippen molar-refractivity contribution in [1.29, 1.82) is 0 Å². The minimum Gasteiger partial charge on any atom is -0.383 e. The number of hydrogen-bond donors (Lipinski definition) is 2. The van der Waals surface area contributed by atoms with Crippen LogP contribution >= 0.6 is 12.4 Å². The van der Waals surface area contributed by atoms with E-state index < -0.39 is 19.9 Å². The second kappa shape index (κ2) is 9.69. The average molecular weight is 401 g/mol. The number of sulfonamides is 1. The Morgan fingerprint density at radius 2 is 1.58 bits per heavy atom. The highest BCUT2D eigenvalue weighted by Crippen LogP contribution is 2.24. The number of aryl methyl sites for hydroxylation is 1. The van der Waals surface area contributed by atoms with Crippen molar-refractivity contribution in [2.45, 2.75) is 23.6 Å². The van der Waals surface area contributed by atoms with Gasteiger partial charge in [-0.15, -0.1) is 12.4 Å². The van der Waals surface area contributed by atoms with E-state index in [4.69, 9.17) is 4.74 Å². The summed E-state index contributed by atoms with van der Waals surface area (Å²) in [5.74, 6) is 0. The fourth-order valence-electron chi connectivity index (χ4n) is 2.11. The van der Waals surface area contributed by atoms with Gasteiger partial charge in [0.1, 0.15) is 0 Å². The smallest absolute Gasteiger partial charge is 0.240 e. The van der Waals surface area contributed by atoms with Gasteiger partial charge in [-0.25, -0.2) is 21.6 Å². The third-order valence-electron chi connectivity index (χ3n) is 3.22. The lowest BCUT2D eigenvalue weighted by Crippen LogP contribution is -2.33. The van der Waals surface area contributed by atoms with Crippen LogP contribution in [0.25, 0.3) is 0 Å². The molecule has 0 aromatic heterocycles. The summed E-state index contributed by atoms with van der Waals surface area (Å²) in [4.78, 5) is 0.0333. The van der Waals surface area contributed by atoms with Crippen molar-refractivity contribution in [2.24, 2.45) is 0 Å². The Kier molecular flexibility index (Phi) is 9.40. The number of ether oxygens (including phenoxy) is 1. The van der Waals surface area contributed by atoms with Crippen LogP contribution in [0, 0.1) is 13.8 Å². The van der Waals surface area contributed by atoms with E-state index >= 15 is 0 Å². The van der Waals surface area contributed by atoms with Gasteiger partial charge in [0.2, 0.25) is 10.0 Å². The van der Waals surface area contributed by atoms with Gasteiger partial charge in [-0.3, -0.25) is 0 Å². The number of halogens is 1. The predicted octanol–water partition coefficient (Wildman–Crippen LogP) is 0.643. The molecule has 0 aliphatic carbocycles. The normalized spacial score (nSPS) is 12.0. The van der Waals surface area contributed by atoms with Crippen LogP contribution in [0.1, 0.15) is 11.1 Å². The molecule has 140 valence electrons. The standard InChI is InChI=1S/C14H24N2O5S2.ClH/c1-11-9-13(22(4,17)18)12(2)14(10-11)23(19,20)16-6-5-15-7-8-21-3;/h9-10,15-16H,5-8H2,1-4H3;1H. The van der Waals surface area contributed by atoms with Gasteiger partial charge in [0.05, 0.1) is 16.4 Å². The Labute approximate surface area is 150 Å². The molecule has 24 heavy (non-hydrogen) atoms. The Morgan fingerprint density at radius 1 is 1.00 bits per heavy atom. The molecule has 10 heteroatoms. The molecule has 0 aliphatic rings. The zero-order valence-corrected chi connectivity index (χ0v) is 16.7. The van der Waals surface area contributed by atoms with Crippen LogP contribution < -0.4 is 10.0 Å². The molecular weight excluding hydrogens is 376 g/mol. The molecule has 0 fully saturated rings. The van der Waals surface area contributed by atoms with E-state index in [1.54, 1.807) is 14.0 Å². The van der Waals surface area contributed by atoms with Crippen LogP contribution in [0.3, 0.4) is 0 Å². The number of rotatable bonds is 9. The van der Waals surface area contributed by atoms with E-state index in [1.165, 1.54) is 19.1 Å². The molecule has 1 rings (SSSR count). The van der Waals surface area contributed by atoms with E-state index in [-0.39, 0.29) is 34.3 Å². The summed E-state index contributed by atoms with van der Waals surface area (Å²) in [7, 11) is -5.68. The summed E-state index contributed by atoms with van der Waals surface area (Å²) in [5.41, 5.74) is 0.813. The largest absolute Gasteiger partial charge is 0.383 e. The number of benzene rings is 1. The zero-order chi connectivity index (χ0) is 17.7. The van der Waals surface area contributed by atoms with Gasteiger partial charge in [-0.1, -0.05) is 0 Å². The molecule has 0 spiro atoms. The summed E-state index contributed by atoms with van der Waals surface area (Å²) in [6.07, 6.45) is 1.07. The summed E-state index contributed by atoms with van der Waals surface area (Å²) < 4.78 is 55.8. The fourth-order valence-corrected chi connectivity index (χ4v) is 4.62. The molecule has 0 radical (unpaired) electrons. The highest BCUT2D eigenvalue weighted by atomic mass is 35.5. The van der Waals surface area contributed by atoms with Crippen LogP contribution in [0.5, 0.6) is 0 Å². The molecule has 0 saturated carbocycles. The number of methoxy groups -OCH3 is 1. The van der Waals surface area contributed by atoms with Crippen LogP contribution in [0.2, 0.25) is 0 Å². The van der Waals surface area contributed by atoms with Gasteiger partial charge in [-0.05, 0) is 37.1 Å². The van der Waals surface area contributed by atoms with Gasteiger partial charge in [0.15, 0.2) is 9.84 Å². The van der Waals surface area contributed by atoms with Crippen LogP contribution in [0.15, 0.2) is 21.9 Å². The first-order valence-corrected chi connectivity index (χ1v) is 10.5. The summed E-state index contributed by atoms with van der Waals surface area (Å²) in [5, 5.41) is 3.02. The third-order valence-corrected chi connectivity index (χ3v) is 6.03. The van der Waals surface area contributed by atoms with Gasteiger partial charge < -0.3 is 10.1 Å². The molecule has 0 atom stereocenters. The fraction of sp³-hybridized carbons (Fsp3) is 0.571. The first-order valence-electron chi connectivity index (χ1n) is 7.10. The second-order valence-corrected chi connectivity index (χ2v) is 9.02. The molecule has 0 unspecified atom stereocenters. The summed E-state index contributed by atoms with van der Waals surface area (Å²) >= 11 is 0. The minimum atomic E-state index is -3.77. The van der Waals surface area contributed by atoms with Crippen molar-refractivity contribution < 1.29 is 21.6 Å². The molecule has 0 saturated heterocycles. The molecule has 2 N–H and O–H groups in total. The van der Waals surface area contributed by atoms with Gasteiger partial charge in [-0.2, -0.15) is 0 Å². The first-order chi connectivity index (χ1) is 10.6. The van der Waals surface area contributed by atoms with Gasteiger partial charge in [0, 0.05) is 33.0 Å². The molecule has 0 heterocycles. The van der Waals surface area contributed by atoms with Gasteiger partial charge >= 0.3 is 0 Å². The highest BCUT2D eigenvalue weighted by Gasteiger charge is 2.22. The highest BCUT2D eigenvalue weighted by molar-refractivity contribution is 7.91. The van der Waals surface area contributed by atoms with Crippen LogP contribution in [-0.2, 0) is 24.6 Å². The Balaban J connectivity index is 0.00000529. The molecule has 0 bridgehead atoms. The number of nitrogens with one attached hydrogen (secondary N) is 2. The molecule has 1 aromatic rings. The predicted molar refractivity (Wildman–Crippen MR) is 96.2 cm³/mol. The first kappa shape index (κ1) is 23.3. The van der Waals surface area contributed by atoms with Crippen molar-refractivity contribution in [3.05, 3.63) is 23.3 Å². The summed E-state index contributed by atoms with van der Waals surface area (Å²) in [6, 6.07) is 2.96. The third kappa shape index (κ3) is 6.66. The molecule has 0 amide bonds. The zero-order valence-electron chi connectivity index (χ0n) is 14.2. The lowest BCUT2D eigenvalue weighted by Gasteiger charge is -2.13. The lowest BCUT2D eigenvalue weighted by atomic mass is 10.2. The number of sulfone groups is 1. The molecule has 0 aliphatic heterocycles. The van der Waals surface area contributed by atoms with Crippen molar-refractivity contribution in [1.82, 2.24) is 10.0 Å². The topological polar surface area (TPSA) is 102 Å². The minimum absolute atomic E-state index is 0. The second-order valence-electron chi connectivity index (χ2n) is 5.30. The number of hydrogen-bond acceptors (Lipinski definition) is 6. The summed E-state index contributed by atoms with van der Waals surface area (Å²) in [6.45, 7) is 4.99. The lowest BCUT2D eigenvalue weighted by molar-refractivity contribution is 0.199. The van der Waals surface area contributed by atoms with E-state index in [2.05, 4.69) is 10.0 Å². The van der Waals surface area contributed by atoms with E-state index in [0.717, 1.165) is 6.26 Å². The van der Waals surface area contributed by atoms with Crippen molar-refractivity contribution in [2.75, 3.05) is 39.6 Å². The van der Waals surface area contributed by atoms with E-state index in [0.29, 0.717) is 25.3 Å². The maximum atomic E-state index is 12.4. The van der Waals surface area contributed by atoms with Crippen molar-refractivity contribution >= 4 is 32.3 Å². The maximum absolute atomic E-state index is 12.4. The van der Waals surface area contributed by atoms with Crippen LogP contribution in [-0.4, -0.2) is 56.4 Å². The maximum Gasteiger partial charge on any atom is 0.240 e. The molecule has 7 nitrogen and oxygen atoms in total. The molecule has 1 aromatic carbocycles.